The Morgan fingerprint density at radius 3 is 2.55 bits per heavy atom. The number of hydrogen-bond acceptors (Lipinski definition) is 5. The quantitative estimate of drug-likeness (QED) is 0.769. The Morgan fingerprint density at radius 1 is 1.23 bits per heavy atom. The van der Waals surface area contributed by atoms with Gasteiger partial charge in [-0.3, -0.25) is 4.98 Å². The number of ether oxygens (including phenoxy) is 2. The first-order valence-corrected chi connectivity index (χ1v) is 10.2. The van der Waals surface area contributed by atoms with Gasteiger partial charge in [0.25, 0.3) is 0 Å². The van der Waals surface area contributed by atoms with Crippen molar-refractivity contribution in [1.82, 2.24) is 14.8 Å². The van der Waals surface area contributed by atoms with Crippen molar-refractivity contribution in [2.45, 2.75) is 56.7 Å². The van der Waals surface area contributed by atoms with Gasteiger partial charge in [-0.25, -0.2) is 9.59 Å². The lowest BCUT2D eigenvalue weighted by molar-refractivity contribution is -0.192. The molecule has 1 aliphatic carbocycles. The summed E-state index contributed by atoms with van der Waals surface area (Å²) in [5.41, 5.74) is 1.05. The number of rotatable bonds is 3. The monoisotopic (exact) mass is 445 g/mol. The third-order valence-corrected chi connectivity index (χ3v) is 5.59. The molecular weight excluding hydrogens is 419 g/mol. The van der Waals surface area contributed by atoms with Crippen LogP contribution < -0.4 is 0 Å². The van der Waals surface area contributed by atoms with Crippen LogP contribution in [0.2, 0.25) is 0 Å². The highest BCUT2D eigenvalue weighted by Gasteiger charge is 2.45. The predicted octanol–water partition coefficient (Wildman–Crippen LogP) is 2.68. The number of urea groups is 1. The molecular formula is C20H26F3N3O5. The van der Waals surface area contributed by atoms with Crippen LogP contribution in [-0.4, -0.2) is 82.6 Å². The SMILES string of the molecule is O=C(N1CCCC1)N1CCOC2CCC1C2OCc1cccnc1.O=C(O)C(F)(F)F. The Kier molecular flexibility index (Phi) is 7.71. The van der Waals surface area contributed by atoms with Gasteiger partial charge in [0, 0.05) is 32.0 Å². The molecule has 3 heterocycles. The van der Waals surface area contributed by atoms with Gasteiger partial charge >= 0.3 is 18.2 Å². The average molecular weight is 445 g/mol. The van der Waals surface area contributed by atoms with E-state index in [1.807, 2.05) is 28.1 Å². The van der Waals surface area contributed by atoms with E-state index in [0.717, 1.165) is 44.3 Å². The first kappa shape index (κ1) is 23.3. The van der Waals surface area contributed by atoms with E-state index in [-0.39, 0.29) is 24.3 Å². The van der Waals surface area contributed by atoms with Gasteiger partial charge < -0.3 is 24.4 Å². The van der Waals surface area contributed by atoms with Gasteiger partial charge in [-0.1, -0.05) is 6.07 Å². The van der Waals surface area contributed by atoms with Crippen molar-refractivity contribution in [3.8, 4) is 0 Å². The lowest BCUT2D eigenvalue weighted by Gasteiger charge is -2.34. The number of carboxylic acid groups (broad SMARTS) is 1. The number of aromatic nitrogens is 1. The molecule has 3 atom stereocenters. The molecule has 31 heavy (non-hydrogen) atoms. The fourth-order valence-electron chi connectivity index (χ4n) is 4.11. The molecule has 11 heteroatoms. The van der Waals surface area contributed by atoms with E-state index in [4.69, 9.17) is 19.4 Å². The molecule has 3 unspecified atom stereocenters. The second kappa shape index (κ2) is 10.3. The van der Waals surface area contributed by atoms with Crippen LogP contribution in [0.3, 0.4) is 0 Å². The van der Waals surface area contributed by atoms with Gasteiger partial charge in [0.15, 0.2) is 0 Å². The summed E-state index contributed by atoms with van der Waals surface area (Å²) in [6, 6.07) is 4.22. The smallest absolute Gasteiger partial charge is 0.475 e. The van der Waals surface area contributed by atoms with Crippen molar-refractivity contribution in [2.75, 3.05) is 26.2 Å². The summed E-state index contributed by atoms with van der Waals surface area (Å²) < 4.78 is 43.9. The summed E-state index contributed by atoms with van der Waals surface area (Å²) in [4.78, 5) is 29.9. The minimum absolute atomic E-state index is 0.0424. The molecule has 0 spiro atoms. The number of likely N-dealkylation sites (tertiary alicyclic amines) is 1. The number of aliphatic carboxylic acids is 1. The largest absolute Gasteiger partial charge is 0.490 e. The molecule has 2 aliphatic heterocycles. The standard InChI is InChI=1S/C18H25N3O3.C2HF3O2/c22-18(20-8-1-2-9-20)21-10-11-23-16-6-5-15(21)17(16)24-13-14-4-3-7-19-12-14;3-2(4,5)1(6)7/h3-4,7,12,15-17H,1-2,5-6,8-11,13H2;(H,6,7). The molecule has 1 aromatic heterocycles. The van der Waals surface area contributed by atoms with E-state index in [1.165, 1.54) is 0 Å². The number of fused-ring (bicyclic) bond motifs is 2. The van der Waals surface area contributed by atoms with Gasteiger partial charge in [0.05, 0.1) is 25.4 Å². The molecule has 1 N–H and O–H groups in total. The molecule has 2 bridgehead atoms. The molecule has 2 saturated heterocycles. The molecule has 0 aromatic carbocycles. The zero-order valence-corrected chi connectivity index (χ0v) is 17.0. The first-order chi connectivity index (χ1) is 14.8. The molecule has 4 rings (SSSR count). The maximum Gasteiger partial charge on any atom is 0.490 e. The van der Waals surface area contributed by atoms with Gasteiger partial charge in [0.1, 0.15) is 6.10 Å². The summed E-state index contributed by atoms with van der Waals surface area (Å²) in [6.07, 6.45) is 2.72. The van der Waals surface area contributed by atoms with E-state index in [2.05, 4.69) is 4.98 Å². The van der Waals surface area contributed by atoms with Crippen molar-refractivity contribution in [2.24, 2.45) is 0 Å². The van der Waals surface area contributed by atoms with Crippen molar-refractivity contribution >= 4 is 12.0 Å². The highest BCUT2D eigenvalue weighted by molar-refractivity contribution is 5.75. The number of carbonyl (C=O) groups excluding carboxylic acids is 1. The normalized spacial score (nSPS) is 25.6. The fraction of sp³-hybridized carbons (Fsp3) is 0.650. The highest BCUT2D eigenvalue weighted by Crippen LogP contribution is 2.33. The topological polar surface area (TPSA) is 92.2 Å². The number of carboxylic acids is 1. The van der Waals surface area contributed by atoms with Crippen molar-refractivity contribution < 1.29 is 37.3 Å². The average Bonchev–Trinajstić information content (AvgIpc) is 3.35. The van der Waals surface area contributed by atoms with Crippen LogP contribution in [0, 0.1) is 0 Å². The van der Waals surface area contributed by atoms with Crippen LogP contribution in [0.4, 0.5) is 18.0 Å². The van der Waals surface area contributed by atoms with Crippen molar-refractivity contribution in [3.63, 3.8) is 0 Å². The minimum atomic E-state index is -5.08. The van der Waals surface area contributed by atoms with Crippen LogP contribution in [0.5, 0.6) is 0 Å². The molecule has 8 nitrogen and oxygen atoms in total. The van der Waals surface area contributed by atoms with Crippen LogP contribution in [0.25, 0.3) is 0 Å². The maximum atomic E-state index is 12.9. The molecule has 172 valence electrons. The highest BCUT2D eigenvalue weighted by atomic mass is 19.4. The van der Waals surface area contributed by atoms with Crippen molar-refractivity contribution in [1.29, 1.82) is 0 Å². The summed E-state index contributed by atoms with van der Waals surface area (Å²) in [7, 11) is 0. The molecule has 2 amide bonds. The third-order valence-electron chi connectivity index (χ3n) is 5.59. The lowest BCUT2D eigenvalue weighted by Crippen LogP contribution is -2.51. The summed E-state index contributed by atoms with van der Waals surface area (Å²) >= 11 is 0. The first-order valence-electron chi connectivity index (χ1n) is 10.2. The third kappa shape index (κ3) is 6.07. The zero-order valence-electron chi connectivity index (χ0n) is 17.0. The van der Waals surface area contributed by atoms with Crippen molar-refractivity contribution in [3.05, 3.63) is 30.1 Å². The van der Waals surface area contributed by atoms with Gasteiger partial charge in [0.2, 0.25) is 0 Å². The predicted molar refractivity (Wildman–Crippen MR) is 102 cm³/mol. The summed E-state index contributed by atoms with van der Waals surface area (Å²) in [5, 5.41) is 7.12. The van der Waals surface area contributed by atoms with Crippen LogP contribution in [-0.2, 0) is 20.9 Å². The summed E-state index contributed by atoms with van der Waals surface area (Å²) in [5.74, 6) is -2.76. The number of amides is 2. The lowest BCUT2D eigenvalue weighted by atomic mass is 10.1. The van der Waals surface area contributed by atoms with Gasteiger partial charge in [-0.15, -0.1) is 0 Å². The Hall–Kier alpha value is -2.40. The van der Waals surface area contributed by atoms with Crippen LogP contribution in [0.1, 0.15) is 31.2 Å². The molecule has 0 radical (unpaired) electrons. The maximum absolute atomic E-state index is 12.9. The van der Waals surface area contributed by atoms with E-state index >= 15 is 0 Å². The number of halogens is 3. The number of nitrogens with zero attached hydrogens (tertiary/aromatic N) is 3. The van der Waals surface area contributed by atoms with Gasteiger partial charge in [-0.2, -0.15) is 13.2 Å². The van der Waals surface area contributed by atoms with E-state index in [0.29, 0.717) is 19.8 Å². The van der Waals surface area contributed by atoms with E-state index in [1.54, 1.807) is 6.20 Å². The minimum Gasteiger partial charge on any atom is -0.475 e. The van der Waals surface area contributed by atoms with Crippen LogP contribution >= 0.6 is 0 Å². The van der Waals surface area contributed by atoms with Gasteiger partial charge in [-0.05, 0) is 37.3 Å². The fourth-order valence-corrected chi connectivity index (χ4v) is 4.11. The van der Waals surface area contributed by atoms with Crippen LogP contribution in [0.15, 0.2) is 24.5 Å². The Balaban J connectivity index is 0.000000339. The Morgan fingerprint density at radius 2 is 1.94 bits per heavy atom. The molecule has 3 fully saturated rings. The molecule has 1 saturated carbocycles. The number of pyridine rings is 1. The Labute approximate surface area is 177 Å². The van der Waals surface area contributed by atoms with E-state index in [9.17, 15) is 18.0 Å². The summed E-state index contributed by atoms with van der Waals surface area (Å²) in [6.45, 7) is 3.55. The molecule has 1 aromatic rings. The van der Waals surface area contributed by atoms with E-state index < -0.39 is 12.1 Å². The second-order valence-electron chi connectivity index (χ2n) is 7.66. The number of hydrogen-bond donors (Lipinski definition) is 1. The zero-order chi connectivity index (χ0) is 22.4. The Bertz CT molecular complexity index is 743. The second-order valence-corrected chi connectivity index (χ2v) is 7.66. The molecule has 3 aliphatic rings. The number of alkyl halides is 3. The number of carbonyl (C=O) groups is 2.